The van der Waals surface area contributed by atoms with Gasteiger partial charge >= 0.3 is 5.97 Å². The number of nitrogens with zero attached hydrogens (tertiary/aromatic N) is 3. The highest BCUT2D eigenvalue weighted by Crippen LogP contribution is 2.23. The molecular formula is C19H20N4O5S2. The number of nitrogens with one attached hydrogen (secondary N) is 1. The van der Waals surface area contributed by atoms with Gasteiger partial charge < -0.3 is 9.72 Å². The molecule has 0 amide bonds. The summed E-state index contributed by atoms with van der Waals surface area (Å²) in [5, 5.41) is 0.373. The van der Waals surface area contributed by atoms with Crippen LogP contribution in [0.15, 0.2) is 45.2 Å². The molecule has 11 heteroatoms. The van der Waals surface area contributed by atoms with Crippen LogP contribution in [0.3, 0.4) is 0 Å². The fourth-order valence-electron chi connectivity index (χ4n) is 2.74. The van der Waals surface area contributed by atoms with Crippen LogP contribution in [0.4, 0.5) is 0 Å². The van der Waals surface area contributed by atoms with Crippen LogP contribution in [-0.4, -0.2) is 54.8 Å². The van der Waals surface area contributed by atoms with Gasteiger partial charge in [-0.15, -0.1) is 0 Å². The molecule has 0 spiro atoms. The second-order valence-corrected chi connectivity index (χ2v) is 9.71. The van der Waals surface area contributed by atoms with Crippen molar-refractivity contribution in [3.63, 3.8) is 0 Å². The van der Waals surface area contributed by atoms with Crippen molar-refractivity contribution in [3.05, 3.63) is 57.5 Å². The highest BCUT2D eigenvalue weighted by atomic mass is 32.2. The van der Waals surface area contributed by atoms with Crippen molar-refractivity contribution >= 4 is 38.8 Å². The van der Waals surface area contributed by atoms with Gasteiger partial charge in [0, 0.05) is 25.5 Å². The summed E-state index contributed by atoms with van der Waals surface area (Å²) in [7, 11) is 0.636. The molecule has 0 saturated carbocycles. The fraction of sp³-hybridized carbons (Fsp3) is 0.263. The second kappa shape index (κ2) is 8.54. The van der Waals surface area contributed by atoms with Crippen LogP contribution in [0.2, 0.25) is 0 Å². The molecule has 9 nitrogen and oxygen atoms in total. The maximum absolute atomic E-state index is 12.6. The van der Waals surface area contributed by atoms with Gasteiger partial charge in [0.1, 0.15) is 0 Å². The molecule has 0 bridgehead atoms. The van der Waals surface area contributed by atoms with E-state index in [1.165, 1.54) is 45.1 Å². The summed E-state index contributed by atoms with van der Waals surface area (Å²) in [6.45, 7) is 1.69. The number of fused-ring (bicyclic) bond motifs is 1. The number of benzene rings is 1. The van der Waals surface area contributed by atoms with Gasteiger partial charge in [0.25, 0.3) is 5.56 Å². The Bertz CT molecular complexity index is 1290. The zero-order valence-corrected chi connectivity index (χ0v) is 18.4. The number of aromatic amines is 1. The largest absolute Gasteiger partial charge is 0.465 e. The zero-order chi connectivity index (χ0) is 22.1. The van der Waals surface area contributed by atoms with Gasteiger partial charge in [0.2, 0.25) is 10.0 Å². The maximum Gasteiger partial charge on any atom is 0.338 e. The number of hydrogen-bond acceptors (Lipinski definition) is 8. The fourth-order valence-corrected chi connectivity index (χ4v) is 4.51. The van der Waals surface area contributed by atoms with E-state index in [0.717, 1.165) is 9.87 Å². The molecule has 1 aromatic carbocycles. The van der Waals surface area contributed by atoms with Crippen molar-refractivity contribution in [2.24, 2.45) is 0 Å². The molecule has 0 aliphatic rings. The second-order valence-electron chi connectivity index (χ2n) is 6.60. The number of carbonyl (C=O) groups is 1. The number of methoxy groups -OCH3 is 1. The smallest absolute Gasteiger partial charge is 0.338 e. The lowest BCUT2D eigenvalue weighted by atomic mass is 10.1. The van der Waals surface area contributed by atoms with Crippen molar-refractivity contribution in [2.75, 3.05) is 21.2 Å². The highest BCUT2D eigenvalue weighted by molar-refractivity contribution is 7.98. The van der Waals surface area contributed by atoms with E-state index in [-0.39, 0.29) is 21.5 Å². The Hall–Kier alpha value is -2.76. The Morgan fingerprint density at radius 2 is 1.97 bits per heavy atom. The molecule has 0 fully saturated rings. The molecule has 3 aromatic rings. The monoisotopic (exact) mass is 448 g/mol. The van der Waals surface area contributed by atoms with Crippen molar-refractivity contribution in [3.8, 4) is 0 Å². The first-order valence-electron chi connectivity index (χ1n) is 8.77. The Kier molecular flexibility index (Phi) is 6.25. The van der Waals surface area contributed by atoms with E-state index < -0.39 is 21.6 Å². The molecule has 30 heavy (non-hydrogen) atoms. The van der Waals surface area contributed by atoms with E-state index in [2.05, 4.69) is 15.0 Å². The van der Waals surface area contributed by atoms with Crippen molar-refractivity contribution in [2.45, 2.75) is 22.7 Å². The summed E-state index contributed by atoms with van der Waals surface area (Å²) in [6.07, 6.45) is 0. The number of ether oxygens (including phenoxy) is 1. The number of hydrogen-bond donors (Lipinski definition) is 1. The van der Waals surface area contributed by atoms with Crippen LogP contribution >= 0.6 is 11.8 Å². The van der Waals surface area contributed by atoms with Crippen LogP contribution in [0.1, 0.15) is 21.6 Å². The minimum atomic E-state index is -3.54. The number of carbonyl (C=O) groups excluding carboxylic acids is 1. The molecule has 3 rings (SSSR count). The summed E-state index contributed by atoms with van der Waals surface area (Å²) < 4.78 is 30.5. The number of pyridine rings is 1. The predicted molar refractivity (Wildman–Crippen MR) is 113 cm³/mol. The number of aryl methyl sites for hydroxylation is 1. The number of aromatic nitrogens is 3. The molecule has 1 N–H and O–H groups in total. The van der Waals surface area contributed by atoms with Crippen LogP contribution in [0.25, 0.3) is 11.0 Å². The van der Waals surface area contributed by atoms with Crippen LogP contribution < -0.4 is 5.56 Å². The minimum Gasteiger partial charge on any atom is -0.465 e. The average molecular weight is 449 g/mol. The van der Waals surface area contributed by atoms with Crippen molar-refractivity contribution < 1.29 is 17.9 Å². The zero-order valence-electron chi connectivity index (χ0n) is 16.8. The summed E-state index contributed by atoms with van der Waals surface area (Å²) in [4.78, 5) is 36.0. The third kappa shape index (κ3) is 4.37. The predicted octanol–water partition coefficient (Wildman–Crippen LogP) is 1.96. The van der Waals surface area contributed by atoms with E-state index in [1.54, 1.807) is 25.1 Å². The van der Waals surface area contributed by atoms with Crippen molar-refractivity contribution in [1.29, 1.82) is 0 Å². The van der Waals surface area contributed by atoms with Gasteiger partial charge in [-0.2, -0.15) is 0 Å². The Morgan fingerprint density at radius 3 is 2.63 bits per heavy atom. The molecule has 0 aliphatic heterocycles. The first-order valence-corrected chi connectivity index (χ1v) is 11.2. The van der Waals surface area contributed by atoms with Crippen LogP contribution in [-0.2, 0) is 20.5 Å². The Balaban J connectivity index is 1.93. The van der Waals surface area contributed by atoms with Gasteiger partial charge in [0.15, 0.2) is 10.8 Å². The summed E-state index contributed by atoms with van der Waals surface area (Å²) in [6, 6.07) is 8.05. The first kappa shape index (κ1) is 21.9. The average Bonchev–Trinajstić information content (AvgIpc) is 2.70. The van der Waals surface area contributed by atoms with Crippen molar-refractivity contribution in [1.82, 2.24) is 19.3 Å². The van der Waals surface area contributed by atoms with Crippen LogP contribution in [0.5, 0.6) is 0 Å². The molecule has 0 aliphatic carbocycles. The third-order valence-corrected chi connectivity index (χ3v) is 7.00. The van der Waals surface area contributed by atoms with E-state index in [9.17, 15) is 18.0 Å². The highest BCUT2D eigenvalue weighted by Gasteiger charge is 2.19. The molecular weight excluding hydrogens is 428 g/mol. The molecule has 2 heterocycles. The molecule has 158 valence electrons. The summed E-state index contributed by atoms with van der Waals surface area (Å²) >= 11 is 1.22. The molecule has 0 atom stereocenters. The van der Waals surface area contributed by atoms with Gasteiger partial charge in [-0.3, -0.25) is 4.79 Å². The summed E-state index contributed by atoms with van der Waals surface area (Å²) in [5.74, 6) is -0.266. The van der Waals surface area contributed by atoms with Gasteiger partial charge in [-0.05, 0) is 30.7 Å². The van der Waals surface area contributed by atoms with E-state index in [0.29, 0.717) is 16.6 Å². The number of esters is 1. The maximum atomic E-state index is 12.6. The van der Waals surface area contributed by atoms with Gasteiger partial charge in [-0.25, -0.2) is 27.5 Å². The lowest BCUT2D eigenvalue weighted by molar-refractivity contribution is 0.0602. The van der Waals surface area contributed by atoms with Gasteiger partial charge in [0.05, 0.1) is 23.0 Å². The molecule has 2 aromatic heterocycles. The number of H-pyrrole nitrogens is 1. The minimum absolute atomic E-state index is 0.0656. The number of thioether (sulfide) groups is 1. The molecule has 0 unspecified atom stereocenters. The SMILES string of the molecule is COC(=O)c1cc(C)nc2nc(SCc3cccc(S(=O)(=O)N(C)C)c3)[nH]c(=O)c12. The van der Waals surface area contributed by atoms with Gasteiger partial charge in [-0.1, -0.05) is 23.9 Å². The molecule has 0 saturated heterocycles. The number of rotatable bonds is 6. The lowest BCUT2D eigenvalue weighted by Crippen LogP contribution is -2.22. The molecule has 0 radical (unpaired) electrons. The quantitative estimate of drug-likeness (QED) is 0.345. The van der Waals surface area contributed by atoms with E-state index in [1.807, 2.05) is 0 Å². The third-order valence-electron chi connectivity index (χ3n) is 4.24. The first-order chi connectivity index (χ1) is 14.1. The Labute approximate surface area is 177 Å². The topological polar surface area (TPSA) is 122 Å². The van der Waals surface area contributed by atoms with E-state index in [4.69, 9.17) is 4.74 Å². The van der Waals surface area contributed by atoms with Crippen LogP contribution in [0, 0.1) is 6.92 Å². The summed E-state index contributed by atoms with van der Waals surface area (Å²) in [5.41, 5.74) is 1.02. The van der Waals surface area contributed by atoms with E-state index >= 15 is 0 Å². The normalized spacial score (nSPS) is 11.8. The standard InChI is InChI=1S/C19H20N4O5S2/c1-11-8-14(18(25)28-4)15-16(20-11)21-19(22-17(15)24)29-10-12-6-5-7-13(9-12)30(26,27)23(2)3/h5-9H,10H2,1-4H3,(H,20,21,22,24). The number of sulfonamides is 1. The Morgan fingerprint density at radius 1 is 1.23 bits per heavy atom. The lowest BCUT2D eigenvalue weighted by Gasteiger charge is -2.12.